The molecule has 1 fully saturated rings. The molecule has 7 heteroatoms. The molecule has 2 aromatic rings. The molecule has 0 unspecified atom stereocenters. The van der Waals surface area contributed by atoms with Gasteiger partial charge >= 0.3 is 6.03 Å². The summed E-state index contributed by atoms with van der Waals surface area (Å²) in [7, 11) is 1.66. The van der Waals surface area contributed by atoms with Gasteiger partial charge in [0.15, 0.2) is 0 Å². The first-order valence-electron chi connectivity index (χ1n) is 9.83. The Bertz CT molecular complexity index is 861. The van der Waals surface area contributed by atoms with Crippen molar-refractivity contribution >= 4 is 23.3 Å². The molecule has 1 saturated heterocycles. The highest BCUT2D eigenvalue weighted by atomic mass is 16.5. The summed E-state index contributed by atoms with van der Waals surface area (Å²) < 4.78 is 5.45. The Balaban J connectivity index is 1.67. The molecule has 1 aliphatic rings. The smallest absolute Gasteiger partial charge is 0.319 e. The van der Waals surface area contributed by atoms with Crippen LogP contribution in [0.5, 0.6) is 5.75 Å². The lowest BCUT2D eigenvalue weighted by Crippen LogP contribution is -2.49. The van der Waals surface area contributed by atoms with E-state index in [-0.39, 0.29) is 18.0 Å². The Kier molecular flexibility index (Phi) is 6.59. The van der Waals surface area contributed by atoms with Gasteiger partial charge in [-0.05, 0) is 38.1 Å². The van der Waals surface area contributed by atoms with Gasteiger partial charge in [0, 0.05) is 32.2 Å². The first-order valence-corrected chi connectivity index (χ1v) is 9.83. The van der Waals surface area contributed by atoms with Crippen molar-refractivity contribution in [3.63, 3.8) is 0 Å². The van der Waals surface area contributed by atoms with E-state index in [0.29, 0.717) is 24.3 Å². The third kappa shape index (κ3) is 4.99. The number of methoxy groups -OCH3 is 1. The van der Waals surface area contributed by atoms with Crippen molar-refractivity contribution in [3.05, 3.63) is 54.1 Å². The largest absolute Gasteiger partial charge is 0.495 e. The van der Waals surface area contributed by atoms with Crippen LogP contribution in [0, 0.1) is 0 Å². The van der Waals surface area contributed by atoms with Crippen molar-refractivity contribution < 1.29 is 14.3 Å². The summed E-state index contributed by atoms with van der Waals surface area (Å²) in [6.07, 6.45) is 0. The van der Waals surface area contributed by atoms with Crippen LogP contribution in [-0.4, -0.2) is 56.2 Å². The van der Waals surface area contributed by atoms with Crippen LogP contribution in [0.3, 0.4) is 0 Å². The van der Waals surface area contributed by atoms with Gasteiger partial charge in [-0.25, -0.2) is 4.79 Å². The van der Waals surface area contributed by atoms with E-state index >= 15 is 0 Å². The van der Waals surface area contributed by atoms with Crippen LogP contribution in [0.4, 0.5) is 16.2 Å². The molecule has 2 aromatic carbocycles. The van der Waals surface area contributed by atoms with E-state index in [4.69, 9.17) is 4.74 Å². The molecule has 0 saturated carbocycles. The molecule has 7 nitrogen and oxygen atoms in total. The number of carbonyl (C=O) groups is 2. The zero-order valence-electron chi connectivity index (χ0n) is 17.1. The fourth-order valence-electron chi connectivity index (χ4n) is 3.41. The lowest BCUT2D eigenvalue weighted by atomic mass is 10.1. The number of anilines is 2. The monoisotopic (exact) mass is 396 g/mol. The van der Waals surface area contributed by atoms with Gasteiger partial charge in [-0.1, -0.05) is 24.3 Å². The molecule has 0 bridgehead atoms. The SMILES string of the molecule is COc1ccccc1N1CCN(C(=O)c2ccccc2NC(=O)NC(C)C)CC1. The molecule has 29 heavy (non-hydrogen) atoms. The summed E-state index contributed by atoms with van der Waals surface area (Å²) in [6, 6.07) is 14.7. The first-order chi connectivity index (χ1) is 14.0. The number of hydrogen-bond donors (Lipinski definition) is 2. The number of piperazine rings is 1. The highest BCUT2D eigenvalue weighted by molar-refractivity contribution is 6.03. The van der Waals surface area contributed by atoms with Gasteiger partial charge in [-0.3, -0.25) is 4.79 Å². The average Bonchev–Trinajstić information content (AvgIpc) is 2.73. The van der Waals surface area contributed by atoms with Gasteiger partial charge < -0.3 is 25.2 Å². The summed E-state index contributed by atoms with van der Waals surface area (Å²) in [5, 5.41) is 5.57. The number of ether oxygens (including phenoxy) is 1. The highest BCUT2D eigenvalue weighted by Gasteiger charge is 2.25. The van der Waals surface area contributed by atoms with Crippen LogP contribution in [0.25, 0.3) is 0 Å². The summed E-state index contributed by atoms with van der Waals surface area (Å²) in [4.78, 5) is 29.2. The molecular formula is C22H28N4O3. The van der Waals surface area contributed by atoms with E-state index in [9.17, 15) is 9.59 Å². The fraction of sp³-hybridized carbons (Fsp3) is 0.364. The van der Waals surface area contributed by atoms with Gasteiger partial charge in [0.25, 0.3) is 5.91 Å². The van der Waals surface area contributed by atoms with E-state index in [0.717, 1.165) is 24.5 Å². The molecule has 1 heterocycles. The van der Waals surface area contributed by atoms with Crippen LogP contribution < -0.4 is 20.3 Å². The maximum absolute atomic E-state index is 13.1. The third-order valence-corrected chi connectivity index (χ3v) is 4.82. The maximum atomic E-state index is 13.1. The number of hydrogen-bond acceptors (Lipinski definition) is 4. The van der Waals surface area contributed by atoms with Crippen LogP contribution in [0.2, 0.25) is 0 Å². The molecule has 3 amide bonds. The molecule has 1 aliphatic heterocycles. The maximum Gasteiger partial charge on any atom is 0.319 e. The standard InChI is InChI=1S/C22H28N4O3/c1-16(2)23-22(28)24-18-9-5-4-8-17(18)21(27)26-14-12-25(13-15-26)19-10-6-7-11-20(19)29-3/h4-11,16H,12-15H2,1-3H3,(H2,23,24,28). The first kappa shape index (κ1) is 20.5. The van der Waals surface area contributed by atoms with Crippen molar-refractivity contribution in [1.29, 1.82) is 0 Å². The lowest BCUT2D eigenvalue weighted by Gasteiger charge is -2.36. The Morgan fingerprint density at radius 3 is 2.31 bits per heavy atom. The number of urea groups is 1. The lowest BCUT2D eigenvalue weighted by molar-refractivity contribution is 0.0747. The number of para-hydroxylation sites is 3. The van der Waals surface area contributed by atoms with Crippen molar-refractivity contribution in [1.82, 2.24) is 10.2 Å². The minimum Gasteiger partial charge on any atom is -0.495 e. The molecule has 2 N–H and O–H groups in total. The van der Waals surface area contributed by atoms with Crippen molar-refractivity contribution in [2.75, 3.05) is 43.5 Å². The number of nitrogens with one attached hydrogen (secondary N) is 2. The highest BCUT2D eigenvalue weighted by Crippen LogP contribution is 2.28. The van der Waals surface area contributed by atoms with Gasteiger partial charge in [0.1, 0.15) is 5.75 Å². The summed E-state index contributed by atoms with van der Waals surface area (Å²) >= 11 is 0. The zero-order chi connectivity index (χ0) is 20.8. The molecule has 0 aliphatic carbocycles. The van der Waals surface area contributed by atoms with Gasteiger partial charge in [-0.2, -0.15) is 0 Å². The van der Waals surface area contributed by atoms with Crippen molar-refractivity contribution in [2.45, 2.75) is 19.9 Å². The minimum absolute atomic E-state index is 0.0147. The molecule has 0 radical (unpaired) electrons. The topological polar surface area (TPSA) is 73.9 Å². The second-order valence-electron chi connectivity index (χ2n) is 7.25. The molecule has 0 aromatic heterocycles. The predicted octanol–water partition coefficient (Wildman–Crippen LogP) is 3.19. The number of nitrogens with zero attached hydrogens (tertiary/aromatic N) is 2. The molecule has 0 spiro atoms. The van der Waals surface area contributed by atoms with Crippen LogP contribution in [0.1, 0.15) is 24.2 Å². The number of benzene rings is 2. The third-order valence-electron chi connectivity index (χ3n) is 4.82. The van der Waals surface area contributed by atoms with Crippen LogP contribution in [-0.2, 0) is 0 Å². The normalized spacial score (nSPS) is 13.9. The van der Waals surface area contributed by atoms with E-state index < -0.39 is 0 Å². The molecule has 154 valence electrons. The average molecular weight is 396 g/mol. The van der Waals surface area contributed by atoms with Crippen molar-refractivity contribution in [2.24, 2.45) is 0 Å². The second-order valence-corrected chi connectivity index (χ2v) is 7.25. The number of carbonyl (C=O) groups excluding carboxylic acids is 2. The Morgan fingerprint density at radius 1 is 0.966 bits per heavy atom. The van der Waals surface area contributed by atoms with Crippen molar-refractivity contribution in [3.8, 4) is 5.75 Å². The van der Waals surface area contributed by atoms with E-state index in [1.807, 2.05) is 49.1 Å². The minimum atomic E-state index is -0.318. The summed E-state index contributed by atoms with van der Waals surface area (Å²) in [5.41, 5.74) is 2.05. The Morgan fingerprint density at radius 2 is 1.62 bits per heavy atom. The number of amides is 3. The quantitative estimate of drug-likeness (QED) is 0.814. The van der Waals surface area contributed by atoms with E-state index in [2.05, 4.69) is 15.5 Å². The van der Waals surface area contributed by atoms with Gasteiger partial charge in [0.2, 0.25) is 0 Å². The van der Waals surface area contributed by atoms with Gasteiger partial charge in [0.05, 0.1) is 24.0 Å². The summed E-state index contributed by atoms with van der Waals surface area (Å²) in [6.45, 7) is 6.41. The van der Waals surface area contributed by atoms with Crippen LogP contribution in [0.15, 0.2) is 48.5 Å². The molecular weight excluding hydrogens is 368 g/mol. The Hall–Kier alpha value is -3.22. The zero-order valence-corrected chi connectivity index (χ0v) is 17.1. The van der Waals surface area contributed by atoms with Gasteiger partial charge in [-0.15, -0.1) is 0 Å². The second kappa shape index (κ2) is 9.32. The fourth-order valence-corrected chi connectivity index (χ4v) is 3.41. The van der Waals surface area contributed by atoms with E-state index in [1.54, 1.807) is 25.3 Å². The molecule has 0 atom stereocenters. The predicted molar refractivity (Wildman–Crippen MR) is 115 cm³/mol. The number of rotatable bonds is 5. The Labute approximate surface area is 171 Å². The van der Waals surface area contributed by atoms with E-state index in [1.165, 1.54) is 0 Å². The summed E-state index contributed by atoms with van der Waals surface area (Å²) in [5.74, 6) is 0.753. The molecule has 3 rings (SSSR count). The van der Waals surface area contributed by atoms with Crippen LogP contribution >= 0.6 is 0 Å².